The molecule has 0 saturated carbocycles. The fraction of sp³-hybridized carbons (Fsp3) is 0.480. The van der Waals surface area contributed by atoms with Crippen molar-refractivity contribution in [3.63, 3.8) is 0 Å². The lowest BCUT2D eigenvalue weighted by Gasteiger charge is -2.39. The quantitative estimate of drug-likeness (QED) is 0.0619. The average molecular weight is 723 g/mol. The van der Waals surface area contributed by atoms with Crippen LogP contribution in [0.3, 0.4) is 0 Å². The molecule has 0 saturated heterocycles. The highest BCUT2D eigenvalue weighted by atomic mass is 16.3. The number of carbonyl (C=O) groups excluding carboxylic acids is 1. The van der Waals surface area contributed by atoms with E-state index in [4.69, 9.17) is 0 Å². The predicted octanol–water partition coefficient (Wildman–Crippen LogP) is 11.8. The van der Waals surface area contributed by atoms with Crippen LogP contribution in [0.25, 0.3) is 21.5 Å². The fourth-order valence-electron chi connectivity index (χ4n) is 10.0. The molecule has 4 aromatic rings. The first kappa shape index (κ1) is 38.1. The highest BCUT2D eigenvalue weighted by Crippen LogP contribution is 2.52. The van der Waals surface area contributed by atoms with Crippen molar-refractivity contribution in [3.8, 4) is 0 Å². The molecule has 0 fully saturated rings. The third kappa shape index (κ3) is 6.84. The van der Waals surface area contributed by atoms with Crippen LogP contribution in [0.1, 0.15) is 136 Å². The van der Waals surface area contributed by atoms with Crippen molar-refractivity contribution in [3.05, 3.63) is 107 Å². The summed E-state index contributed by atoms with van der Waals surface area (Å²) in [5.41, 5.74) is 6.46. The zero-order chi connectivity index (χ0) is 38.0. The van der Waals surface area contributed by atoms with E-state index in [9.17, 15) is 9.90 Å². The maximum Gasteiger partial charge on any atom is 0.210 e. The number of allylic oxidation sites excluding steroid dienone is 2. The van der Waals surface area contributed by atoms with Crippen LogP contribution in [0.5, 0.6) is 0 Å². The van der Waals surface area contributed by atoms with Gasteiger partial charge < -0.3 is 10.0 Å². The van der Waals surface area contributed by atoms with Crippen LogP contribution >= 0.6 is 0 Å². The number of anilines is 1. The Bertz CT molecular complexity index is 2130. The molecule has 7 rings (SSSR count). The molecule has 4 heteroatoms. The van der Waals surface area contributed by atoms with Crippen LogP contribution in [0.4, 0.5) is 11.4 Å². The molecule has 1 aliphatic carbocycles. The van der Waals surface area contributed by atoms with E-state index in [0.717, 1.165) is 31.6 Å². The zero-order valence-corrected chi connectivity index (χ0v) is 33.9. The van der Waals surface area contributed by atoms with Crippen LogP contribution in [0, 0.1) is 0 Å². The first-order chi connectivity index (χ1) is 26.1. The van der Waals surface area contributed by atoms with Crippen molar-refractivity contribution in [1.29, 1.82) is 0 Å². The van der Waals surface area contributed by atoms with Crippen LogP contribution in [-0.4, -0.2) is 35.2 Å². The Labute approximate surface area is 324 Å². The molecule has 0 N–H and O–H groups in total. The van der Waals surface area contributed by atoms with Gasteiger partial charge in [0.05, 0.1) is 5.41 Å². The minimum absolute atomic E-state index is 0.0359. The van der Waals surface area contributed by atoms with E-state index in [0.29, 0.717) is 17.6 Å². The Morgan fingerprint density at radius 3 is 1.93 bits per heavy atom. The third-order valence-corrected chi connectivity index (χ3v) is 13.0. The smallest absolute Gasteiger partial charge is 0.210 e. The lowest BCUT2D eigenvalue weighted by Crippen LogP contribution is -2.45. The number of rotatable bonds is 17. The van der Waals surface area contributed by atoms with E-state index in [1.54, 1.807) is 0 Å². The summed E-state index contributed by atoms with van der Waals surface area (Å²) < 4.78 is 2.43. The van der Waals surface area contributed by atoms with Gasteiger partial charge in [0.25, 0.3) is 0 Å². The molecular weight excluding hydrogens is 661 g/mol. The summed E-state index contributed by atoms with van der Waals surface area (Å²) in [6, 6.07) is 26.4. The van der Waals surface area contributed by atoms with E-state index in [-0.39, 0.29) is 28.4 Å². The van der Waals surface area contributed by atoms with E-state index in [1.165, 1.54) is 108 Å². The van der Waals surface area contributed by atoms with E-state index >= 15 is 0 Å². The van der Waals surface area contributed by atoms with Crippen molar-refractivity contribution in [1.82, 2.24) is 0 Å². The van der Waals surface area contributed by atoms with Gasteiger partial charge in [-0.1, -0.05) is 146 Å². The monoisotopic (exact) mass is 722 g/mol. The van der Waals surface area contributed by atoms with Gasteiger partial charge in [-0.25, -0.2) is 0 Å². The van der Waals surface area contributed by atoms with Gasteiger partial charge in [0.1, 0.15) is 6.54 Å². The normalized spacial score (nSPS) is 19.4. The molecule has 0 bridgehead atoms. The number of carbonyl (C=O) groups is 1. The molecule has 2 heterocycles. The second kappa shape index (κ2) is 15.9. The van der Waals surface area contributed by atoms with Crippen molar-refractivity contribution in [2.24, 2.45) is 0 Å². The highest BCUT2D eigenvalue weighted by Gasteiger charge is 2.49. The third-order valence-electron chi connectivity index (χ3n) is 13.0. The minimum Gasteiger partial charge on any atom is -0.872 e. The second-order valence-electron chi connectivity index (χ2n) is 17.4. The zero-order valence-electron chi connectivity index (χ0n) is 33.9. The maximum atomic E-state index is 14.3. The molecule has 4 aromatic carbocycles. The van der Waals surface area contributed by atoms with E-state index in [2.05, 4.69) is 124 Å². The summed E-state index contributed by atoms with van der Waals surface area (Å²) in [7, 11) is 0. The Morgan fingerprint density at radius 2 is 1.28 bits per heavy atom. The first-order valence-electron chi connectivity index (χ1n) is 21.2. The molecule has 0 aromatic heterocycles. The second-order valence-corrected chi connectivity index (χ2v) is 17.4. The molecule has 0 spiro atoms. The minimum atomic E-state index is -0.355. The maximum absolute atomic E-state index is 14.3. The number of ketones is 1. The first-order valence-corrected chi connectivity index (χ1v) is 21.2. The number of nitrogens with zero attached hydrogens (tertiary/aromatic N) is 2. The number of fused-ring (bicyclic) bond motifs is 6. The van der Waals surface area contributed by atoms with Gasteiger partial charge in [0.2, 0.25) is 5.69 Å². The molecule has 1 atom stereocenters. The van der Waals surface area contributed by atoms with Crippen molar-refractivity contribution in [2.45, 2.75) is 142 Å². The Hall–Kier alpha value is -4.18. The number of unbranched alkanes of at least 4 members (excludes halogenated alkanes) is 10. The molecule has 2 aliphatic heterocycles. The molecular formula is C50H62N2O2. The largest absolute Gasteiger partial charge is 0.872 e. The Kier molecular flexibility index (Phi) is 11.2. The number of Topliss-reactive ketones (excluding diaryl/α,β-unsaturated/α-hetero) is 1. The highest BCUT2D eigenvalue weighted by molar-refractivity contribution is 6.23. The molecule has 0 radical (unpaired) electrons. The molecule has 54 heavy (non-hydrogen) atoms. The average Bonchev–Trinajstić information content (AvgIpc) is 3.53. The lowest BCUT2D eigenvalue weighted by molar-refractivity contribution is -0.438. The summed E-state index contributed by atoms with van der Waals surface area (Å²) in [5.74, 6) is -0.112. The van der Waals surface area contributed by atoms with Gasteiger partial charge in [-0.2, -0.15) is 4.58 Å². The molecule has 3 aliphatic rings. The van der Waals surface area contributed by atoms with E-state index in [1.807, 2.05) is 6.08 Å². The van der Waals surface area contributed by atoms with Gasteiger partial charge in [0.15, 0.2) is 11.5 Å². The standard InChI is InChI=1S/C50H62N2O2/c1-7-9-11-13-15-21-31-51-41-29-27-35-23-17-19-25-37(35)45(41)49(3,4)43(51)33-39-47(53)40(48(39)54)34-44-50(5,6)46-38-26-20-18-24-36(38)28-30-42(46)52(44)32-22-16-14-12-10-8-2/h17-20,23-30,33,44H,7-16,21-22,31-32,34H2,1-6H3. The van der Waals surface area contributed by atoms with Crippen LogP contribution in [0.2, 0.25) is 0 Å². The topological polar surface area (TPSA) is 46.4 Å². The summed E-state index contributed by atoms with van der Waals surface area (Å²) >= 11 is 0. The Morgan fingerprint density at radius 1 is 0.704 bits per heavy atom. The van der Waals surface area contributed by atoms with Gasteiger partial charge in [-0.15, -0.1) is 0 Å². The van der Waals surface area contributed by atoms with Gasteiger partial charge in [-0.3, -0.25) is 4.79 Å². The van der Waals surface area contributed by atoms with Crippen molar-refractivity contribution >= 4 is 44.4 Å². The predicted molar refractivity (Wildman–Crippen MR) is 226 cm³/mol. The van der Waals surface area contributed by atoms with Crippen LogP contribution < -0.4 is 10.0 Å². The molecule has 4 nitrogen and oxygen atoms in total. The van der Waals surface area contributed by atoms with Crippen molar-refractivity contribution < 1.29 is 14.5 Å². The van der Waals surface area contributed by atoms with Gasteiger partial charge >= 0.3 is 0 Å². The number of hydrogen-bond donors (Lipinski definition) is 0. The summed E-state index contributed by atoms with van der Waals surface area (Å²) in [4.78, 5) is 16.8. The number of hydrogen-bond acceptors (Lipinski definition) is 3. The Balaban J connectivity index is 1.21. The number of benzene rings is 4. The SMILES string of the molecule is CCCCCCCCN1c2ccc3ccccc3c2C(C)(C)C1CC1=C([O-])/C(=C/C2=[N+](CCCCCCCC)c3ccc4ccccc4c3C2(C)C)C1=O. The van der Waals surface area contributed by atoms with Crippen LogP contribution in [-0.2, 0) is 15.6 Å². The fourth-order valence-corrected chi connectivity index (χ4v) is 10.0. The molecule has 0 amide bonds. The van der Waals surface area contributed by atoms with Gasteiger partial charge in [-0.05, 0) is 77.9 Å². The lowest BCUT2D eigenvalue weighted by atomic mass is 9.72. The van der Waals surface area contributed by atoms with E-state index < -0.39 is 0 Å². The van der Waals surface area contributed by atoms with Gasteiger partial charge in [0, 0.05) is 53.4 Å². The van der Waals surface area contributed by atoms with Crippen molar-refractivity contribution in [2.75, 3.05) is 18.0 Å². The summed E-state index contributed by atoms with van der Waals surface area (Å²) in [6.07, 6.45) is 17.2. The summed E-state index contributed by atoms with van der Waals surface area (Å²) in [6.45, 7) is 15.5. The molecule has 1 unspecified atom stereocenters. The molecule has 284 valence electrons. The summed E-state index contributed by atoms with van der Waals surface area (Å²) in [5, 5.41) is 19.3. The van der Waals surface area contributed by atoms with Crippen LogP contribution in [0.15, 0.2) is 95.8 Å².